The number of anilines is 1. The second-order valence-corrected chi connectivity index (χ2v) is 7.29. The largest absolute Gasteiger partial charge is 0.497 e. The molecule has 1 amide bonds. The number of benzene rings is 2. The third-order valence-corrected chi connectivity index (χ3v) is 5.21. The Morgan fingerprint density at radius 1 is 1.07 bits per heavy atom. The van der Waals surface area contributed by atoms with Crippen LogP contribution in [0.5, 0.6) is 17.2 Å². The molecule has 3 rings (SSSR count). The van der Waals surface area contributed by atoms with Crippen molar-refractivity contribution in [3.8, 4) is 28.5 Å². The van der Waals surface area contributed by atoms with Gasteiger partial charge in [0.1, 0.15) is 11.3 Å². The number of ether oxygens (including phenoxy) is 3. The van der Waals surface area contributed by atoms with E-state index in [0.29, 0.717) is 10.8 Å². The molecule has 1 N–H and O–H groups in total. The number of hydrogen-bond donors (Lipinski definition) is 1. The molecule has 0 saturated carbocycles. The zero-order valence-corrected chi connectivity index (χ0v) is 17.5. The van der Waals surface area contributed by atoms with Crippen molar-refractivity contribution in [2.24, 2.45) is 0 Å². The van der Waals surface area contributed by atoms with Crippen LogP contribution in [0.1, 0.15) is 15.2 Å². The van der Waals surface area contributed by atoms with Gasteiger partial charge in [-0.3, -0.25) is 20.2 Å². The van der Waals surface area contributed by atoms with E-state index in [4.69, 9.17) is 14.2 Å². The minimum Gasteiger partial charge on any atom is -0.497 e. The summed E-state index contributed by atoms with van der Waals surface area (Å²) in [6, 6.07) is 9.80. The quantitative estimate of drug-likeness (QED) is 0.440. The fourth-order valence-electron chi connectivity index (χ4n) is 2.83. The van der Waals surface area contributed by atoms with Crippen LogP contribution < -0.4 is 19.5 Å². The number of amides is 1. The molecule has 0 bridgehead atoms. The summed E-state index contributed by atoms with van der Waals surface area (Å²) in [6.45, 7) is 1.88. The lowest BCUT2D eigenvalue weighted by Crippen LogP contribution is -2.14. The van der Waals surface area contributed by atoms with Crippen LogP contribution in [0, 0.1) is 17.0 Å². The van der Waals surface area contributed by atoms with Gasteiger partial charge in [0.25, 0.3) is 11.6 Å². The van der Waals surface area contributed by atoms with Crippen LogP contribution in [0.4, 0.5) is 10.8 Å². The number of nitro groups is 1. The third-order valence-electron chi connectivity index (χ3n) is 4.32. The van der Waals surface area contributed by atoms with Crippen molar-refractivity contribution in [3.63, 3.8) is 0 Å². The molecule has 0 aliphatic rings. The van der Waals surface area contributed by atoms with Crippen molar-refractivity contribution in [3.05, 3.63) is 57.0 Å². The molecule has 1 heterocycles. The zero-order chi connectivity index (χ0) is 21.8. The lowest BCUT2D eigenvalue weighted by molar-refractivity contribution is -0.385. The summed E-state index contributed by atoms with van der Waals surface area (Å²) in [5.41, 5.74) is 1.02. The topological polar surface area (TPSA) is 113 Å². The number of carbonyl (C=O) groups excluding carboxylic acids is 1. The van der Waals surface area contributed by atoms with Gasteiger partial charge in [0.05, 0.1) is 38.0 Å². The highest BCUT2D eigenvalue weighted by Crippen LogP contribution is 2.36. The molecule has 0 aliphatic heterocycles. The number of methoxy groups -OCH3 is 3. The van der Waals surface area contributed by atoms with Crippen LogP contribution in [-0.2, 0) is 0 Å². The van der Waals surface area contributed by atoms with Gasteiger partial charge in [0.2, 0.25) is 0 Å². The summed E-state index contributed by atoms with van der Waals surface area (Å²) in [4.78, 5) is 28.9. The maximum absolute atomic E-state index is 12.8. The summed E-state index contributed by atoms with van der Waals surface area (Å²) in [5, 5.41) is 14.4. The number of rotatable bonds is 7. The van der Waals surface area contributed by atoms with Crippen molar-refractivity contribution < 1.29 is 23.9 Å². The van der Waals surface area contributed by atoms with Gasteiger partial charge in [-0.25, -0.2) is 4.98 Å². The minimum absolute atomic E-state index is 0.156. The first-order chi connectivity index (χ1) is 14.4. The fourth-order valence-corrected chi connectivity index (χ4v) is 3.66. The predicted molar refractivity (Wildman–Crippen MR) is 113 cm³/mol. The summed E-state index contributed by atoms with van der Waals surface area (Å²) in [5.74, 6) is 0.425. The Morgan fingerprint density at radius 3 is 2.27 bits per heavy atom. The number of aryl methyl sites for hydroxylation is 1. The molecule has 30 heavy (non-hydrogen) atoms. The Kier molecular flexibility index (Phi) is 6.17. The first-order valence-corrected chi connectivity index (χ1v) is 9.53. The van der Waals surface area contributed by atoms with E-state index < -0.39 is 16.5 Å². The van der Waals surface area contributed by atoms with Gasteiger partial charge in [-0.15, -0.1) is 11.3 Å². The average Bonchev–Trinajstić information content (AvgIpc) is 3.12. The van der Waals surface area contributed by atoms with Crippen molar-refractivity contribution in [1.29, 1.82) is 0 Å². The van der Waals surface area contributed by atoms with Crippen molar-refractivity contribution in [2.45, 2.75) is 6.92 Å². The SMILES string of the molecule is COc1ccc(-c2nc(NC(=O)c3cc(OC)c(OC)cc3[N+](=O)[O-])sc2C)cc1. The number of nitrogens with zero attached hydrogens (tertiary/aromatic N) is 2. The second-order valence-electron chi connectivity index (χ2n) is 6.09. The van der Waals surface area contributed by atoms with E-state index in [1.165, 1.54) is 31.6 Å². The van der Waals surface area contributed by atoms with Crippen molar-refractivity contribution >= 4 is 28.1 Å². The molecule has 1 aromatic heterocycles. The number of nitrogens with one attached hydrogen (secondary N) is 1. The Hall–Kier alpha value is -3.66. The van der Waals surface area contributed by atoms with E-state index in [2.05, 4.69) is 10.3 Å². The molecular weight excluding hydrogens is 410 g/mol. The Labute approximate surface area is 176 Å². The molecule has 0 spiro atoms. The van der Waals surface area contributed by atoms with Gasteiger partial charge in [0.15, 0.2) is 16.6 Å². The third kappa shape index (κ3) is 4.18. The van der Waals surface area contributed by atoms with Crippen LogP contribution in [0.3, 0.4) is 0 Å². The predicted octanol–water partition coefficient (Wildman–Crippen LogP) is 4.30. The van der Waals surface area contributed by atoms with Gasteiger partial charge in [-0.1, -0.05) is 0 Å². The highest BCUT2D eigenvalue weighted by molar-refractivity contribution is 7.16. The van der Waals surface area contributed by atoms with Crippen LogP contribution >= 0.6 is 11.3 Å². The normalized spacial score (nSPS) is 10.4. The fraction of sp³-hybridized carbons (Fsp3) is 0.200. The maximum atomic E-state index is 12.8. The number of nitro benzene ring substituents is 1. The van der Waals surface area contributed by atoms with Crippen LogP contribution in [0.25, 0.3) is 11.3 Å². The Balaban J connectivity index is 1.92. The Bertz CT molecular complexity index is 1090. The number of hydrogen-bond acceptors (Lipinski definition) is 8. The molecule has 0 atom stereocenters. The summed E-state index contributed by atoms with van der Waals surface area (Å²) in [7, 11) is 4.33. The van der Waals surface area contributed by atoms with E-state index >= 15 is 0 Å². The average molecular weight is 429 g/mol. The van der Waals surface area contributed by atoms with Crippen molar-refractivity contribution in [2.75, 3.05) is 26.6 Å². The molecule has 3 aromatic rings. The summed E-state index contributed by atoms with van der Waals surface area (Å²) in [6.07, 6.45) is 0. The summed E-state index contributed by atoms with van der Waals surface area (Å²) < 4.78 is 15.4. The molecule has 156 valence electrons. The molecule has 0 radical (unpaired) electrons. The number of thiazole rings is 1. The van der Waals surface area contributed by atoms with Gasteiger partial charge in [-0.05, 0) is 31.2 Å². The summed E-state index contributed by atoms with van der Waals surface area (Å²) >= 11 is 1.27. The molecule has 10 heteroatoms. The molecule has 2 aromatic carbocycles. The molecule has 9 nitrogen and oxygen atoms in total. The van der Waals surface area contributed by atoms with Crippen LogP contribution in [-0.4, -0.2) is 37.1 Å². The standard InChI is InChI=1S/C20H19N3O6S/c1-11-18(12-5-7-13(27-2)8-6-12)21-20(30-11)22-19(24)14-9-16(28-3)17(29-4)10-15(14)23(25)26/h5-10H,1-4H3,(H,21,22,24). The van der Waals surface area contributed by atoms with Gasteiger partial charge < -0.3 is 14.2 Å². The second kappa shape index (κ2) is 8.78. The van der Waals surface area contributed by atoms with Crippen LogP contribution in [0.2, 0.25) is 0 Å². The highest BCUT2D eigenvalue weighted by atomic mass is 32.1. The first kappa shape index (κ1) is 21.1. The molecule has 0 fully saturated rings. The van der Waals surface area contributed by atoms with E-state index in [1.54, 1.807) is 7.11 Å². The van der Waals surface area contributed by atoms with E-state index in [0.717, 1.165) is 22.3 Å². The van der Waals surface area contributed by atoms with Gasteiger partial charge in [-0.2, -0.15) is 0 Å². The number of carbonyl (C=O) groups is 1. The highest BCUT2D eigenvalue weighted by Gasteiger charge is 2.25. The lowest BCUT2D eigenvalue weighted by atomic mass is 10.1. The van der Waals surface area contributed by atoms with E-state index in [9.17, 15) is 14.9 Å². The van der Waals surface area contributed by atoms with Crippen molar-refractivity contribution in [1.82, 2.24) is 4.98 Å². The van der Waals surface area contributed by atoms with E-state index in [1.807, 2.05) is 31.2 Å². The molecular formula is C20H19N3O6S. The van der Waals surface area contributed by atoms with Gasteiger partial charge >= 0.3 is 0 Å². The molecule has 0 unspecified atom stereocenters. The smallest absolute Gasteiger partial charge is 0.286 e. The lowest BCUT2D eigenvalue weighted by Gasteiger charge is -2.10. The van der Waals surface area contributed by atoms with Crippen LogP contribution in [0.15, 0.2) is 36.4 Å². The first-order valence-electron chi connectivity index (χ1n) is 8.71. The molecule has 0 saturated heterocycles. The molecule has 0 aliphatic carbocycles. The van der Waals surface area contributed by atoms with Gasteiger partial charge in [0, 0.05) is 16.5 Å². The van der Waals surface area contributed by atoms with E-state index in [-0.39, 0.29) is 17.1 Å². The number of aromatic nitrogens is 1. The zero-order valence-electron chi connectivity index (χ0n) is 16.7. The Morgan fingerprint density at radius 2 is 1.70 bits per heavy atom. The minimum atomic E-state index is -0.669. The monoisotopic (exact) mass is 429 g/mol. The maximum Gasteiger partial charge on any atom is 0.286 e.